The minimum absolute atomic E-state index is 0.0568. The van der Waals surface area contributed by atoms with Crippen molar-refractivity contribution >= 4 is 12.1 Å². The smallest absolute Gasteiger partial charge is 0.275 e. The second-order valence-electron chi connectivity index (χ2n) is 5.07. The molecule has 0 bridgehead atoms. The average molecular weight is 286 g/mol. The number of benzene rings is 1. The number of allylic oxidation sites excluding steroid dienone is 4. The number of nitrogens with zero attached hydrogens (tertiary/aromatic N) is 1. The SMILES string of the molecule is CC(C)=CCCC(C)=CC=NNC(=O)c1ccccc1O. The summed E-state index contributed by atoms with van der Waals surface area (Å²) >= 11 is 0. The number of para-hydroxylation sites is 1. The van der Waals surface area contributed by atoms with Gasteiger partial charge < -0.3 is 5.11 Å². The van der Waals surface area contributed by atoms with E-state index in [4.69, 9.17) is 0 Å². The summed E-state index contributed by atoms with van der Waals surface area (Å²) in [6.45, 7) is 6.18. The van der Waals surface area contributed by atoms with Crippen LogP contribution in [0.5, 0.6) is 5.75 Å². The molecular weight excluding hydrogens is 264 g/mol. The van der Waals surface area contributed by atoms with Crippen LogP contribution in [0.15, 0.2) is 52.7 Å². The molecule has 0 aliphatic carbocycles. The summed E-state index contributed by atoms with van der Waals surface area (Å²) in [6.07, 6.45) is 7.57. The van der Waals surface area contributed by atoms with Crippen molar-refractivity contribution in [3.8, 4) is 5.75 Å². The van der Waals surface area contributed by atoms with Gasteiger partial charge in [-0.1, -0.05) is 29.4 Å². The first-order valence-electron chi connectivity index (χ1n) is 6.91. The van der Waals surface area contributed by atoms with E-state index in [0.29, 0.717) is 0 Å². The highest BCUT2D eigenvalue weighted by molar-refractivity contribution is 5.97. The highest BCUT2D eigenvalue weighted by atomic mass is 16.3. The molecule has 0 heterocycles. The fourth-order valence-corrected chi connectivity index (χ4v) is 1.66. The summed E-state index contributed by atoms with van der Waals surface area (Å²) in [6, 6.07) is 6.35. The van der Waals surface area contributed by atoms with Crippen molar-refractivity contribution in [2.75, 3.05) is 0 Å². The van der Waals surface area contributed by atoms with E-state index in [0.717, 1.165) is 12.8 Å². The Hall–Kier alpha value is -2.36. The monoisotopic (exact) mass is 286 g/mol. The summed E-state index contributed by atoms with van der Waals surface area (Å²) in [4.78, 5) is 11.7. The molecule has 4 heteroatoms. The Bertz CT molecular complexity index is 568. The third-order valence-corrected chi connectivity index (χ3v) is 2.84. The van der Waals surface area contributed by atoms with Crippen molar-refractivity contribution in [1.82, 2.24) is 5.43 Å². The molecule has 0 aliphatic heterocycles. The number of phenolic OH excluding ortho intramolecular Hbond substituents is 1. The van der Waals surface area contributed by atoms with Crippen LogP contribution >= 0.6 is 0 Å². The second-order valence-corrected chi connectivity index (χ2v) is 5.07. The van der Waals surface area contributed by atoms with Crippen LogP contribution in [0.4, 0.5) is 0 Å². The molecule has 0 spiro atoms. The highest BCUT2D eigenvalue weighted by Crippen LogP contribution is 2.14. The van der Waals surface area contributed by atoms with Gasteiger partial charge in [-0.05, 0) is 51.8 Å². The molecule has 1 aromatic rings. The summed E-state index contributed by atoms with van der Waals surface area (Å²) in [5, 5.41) is 13.4. The first kappa shape index (κ1) is 16.7. The highest BCUT2D eigenvalue weighted by Gasteiger charge is 2.08. The van der Waals surface area contributed by atoms with Crippen molar-refractivity contribution in [2.24, 2.45) is 5.10 Å². The van der Waals surface area contributed by atoms with Gasteiger partial charge in [0, 0.05) is 6.21 Å². The number of phenols is 1. The van der Waals surface area contributed by atoms with Crippen molar-refractivity contribution < 1.29 is 9.90 Å². The normalized spacial score (nSPS) is 11.5. The van der Waals surface area contributed by atoms with Crippen molar-refractivity contribution in [3.63, 3.8) is 0 Å². The molecule has 112 valence electrons. The number of nitrogens with one attached hydrogen (secondary N) is 1. The van der Waals surface area contributed by atoms with Gasteiger partial charge in [0.05, 0.1) is 5.56 Å². The van der Waals surface area contributed by atoms with Gasteiger partial charge >= 0.3 is 0 Å². The Morgan fingerprint density at radius 2 is 2.00 bits per heavy atom. The van der Waals surface area contributed by atoms with Gasteiger partial charge in [-0.15, -0.1) is 0 Å². The molecule has 0 saturated heterocycles. The van der Waals surface area contributed by atoms with E-state index < -0.39 is 5.91 Å². The molecule has 0 radical (unpaired) electrons. The minimum atomic E-state index is -0.431. The molecule has 4 nitrogen and oxygen atoms in total. The first-order valence-corrected chi connectivity index (χ1v) is 6.91. The van der Waals surface area contributed by atoms with Crippen LogP contribution in [0.1, 0.15) is 44.0 Å². The van der Waals surface area contributed by atoms with E-state index >= 15 is 0 Å². The molecule has 1 amide bonds. The summed E-state index contributed by atoms with van der Waals surface area (Å²) in [7, 11) is 0. The molecule has 0 atom stereocenters. The van der Waals surface area contributed by atoms with E-state index in [1.165, 1.54) is 17.2 Å². The summed E-state index contributed by atoms with van der Waals surface area (Å²) in [5.74, 6) is -0.487. The Morgan fingerprint density at radius 3 is 2.67 bits per heavy atom. The van der Waals surface area contributed by atoms with Gasteiger partial charge in [0.1, 0.15) is 5.75 Å². The van der Waals surface area contributed by atoms with Crippen molar-refractivity contribution in [2.45, 2.75) is 33.6 Å². The summed E-state index contributed by atoms with van der Waals surface area (Å²) < 4.78 is 0. The minimum Gasteiger partial charge on any atom is -0.507 e. The number of carbonyl (C=O) groups excluding carboxylic acids is 1. The van der Waals surface area contributed by atoms with E-state index in [9.17, 15) is 9.90 Å². The second kappa shape index (κ2) is 8.74. The van der Waals surface area contributed by atoms with Crippen LogP contribution in [0.2, 0.25) is 0 Å². The lowest BCUT2D eigenvalue weighted by Crippen LogP contribution is -2.17. The topological polar surface area (TPSA) is 61.7 Å². The predicted molar refractivity (Wildman–Crippen MR) is 86.5 cm³/mol. The first-order chi connectivity index (χ1) is 10.0. The Morgan fingerprint density at radius 1 is 1.29 bits per heavy atom. The number of aromatic hydroxyl groups is 1. The van der Waals surface area contributed by atoms with Crippen LogP contribution in [0.3, 0.4) is 0 Å². The lowest BCUT2D eigenvalue weighted by atomic mass is 10.1. The van der Waals surface area contributed by atoms with Crippen molar-refractivity contribution in [1.29, 1.82) is 0 Å². The molecule has 2 N–H and O–H groups in total. The quantitative estimate of drug-likeness (QED) is 0.474. The van der Waals surface area contributed by atoms with Gasteiger partial charge in [0.2, 0.25) is 0 Å². The molecule has 0 fully saturated rings. The zero-order chi connectivity index (χ0) is 15.7. The maximum Gasteiger partial charge on any atom is 0.275 e. The zero-order valence-corrected chi connectivity index (χ0v) is 12.8. The third-order valence-electron chi connectivity index (χ3n) is 2.84. The molecule has 0 aliphatic rings. The Balaban J connectivity index is 2.46. The van der Waals surface area contributed by atoms with Crippen LogP contribution in [-0.4, -0.2) is 17.2 Å². The van der Waals surface area contributed by atoms with Gasteiger partial charge in [-0.25, -0.2) is 5.43 Å². The van der Waals surface area contributed by atoms with E-state index in [1.807, 2.05) is 13.0 Å². The number of hydrogen-bond acceptors (Lipinski definition) is 3. The van der Waals surface area contributed by atoms with Crippen LogP contribution in [-0.2, 0) is 0 Å². The predicted octanol–water partition coefficient (Wildman–Crippen LogP) is 3.80. The van der Waals surface area contributed by atoms with Gasteiger partial charge in [-0.2, -0.15) is 5.10 Å². The molecular formula is C17H22N2O2. The number of hydrazone groups is 1. The van der Waals surface area contributed by atoms with E-state index in [1.54, 1.807) is 24.4 Å². The molecule has 0 saturated carbocycles. The maximum atomic E-state index is 11.7. The lowest BCUT2D eigenvalue weighted by molar-refractivity contribution is 0.0952. The van der Waals surface area contributed by atoms with Crippen LogP contribution < -0.4 is 5.43 Å². The number of hydrogen-bond donors (Lipinski definition) is 2. The number of rotatable bonds is 6. The maximum absolute atomic E-state index is 11.7. The van der Waals surface area contributed by atoms with Crippen LogP contribution in [0, 0.1) is 0 Å². The van der Waals surface area contributed by atoms with Crippen LogP contribution in [0.25, 0.3) is 0 Å². The summed E-state index contributed by atoms with van der Waals surface area (Å²) in [5.41, 5.74) is 5.09. The van der Waals surface area contributed by atoms with E-state index in [-0.39, 0.29) is 11.3 Å². The van der Waals surface area contributed by atoms with E-state index in [2.05, 4.69) is 30.5 Å². The van der Waals surface area contributed by atoms with Crippen molar-refractivity contribution in [3.05, 3.63) is 53.1 Å². The number of amides is 1. The Labute approximate surface area is 125 Å². The zero-order valence-electron chi connectivity index (χ0n) is 12.8. The molecule has 1 rings (SSSR count). The standard InChI is InChI=1S/C17H22N2O2/c1-13(2)7-6-8-14(3)11-12-18-19-17(21)15-9-4-5-10-16(15)20/h4-5,7,9-12,20H,6,8H2,1-3H3,(H,19,21). The largest absolute Gasteiger partial charge is 0.507 e. The molecule has 0 aromatic heterocycles. The third kappa shape index (κ3) is 6.56. The van der Waals surface area contributed by atoms with Gasteiger partial charge in [-0.3, -0.25) is 4.79 Å². The van der Waals surface area contributed by atoms with Gasteiger partial charge in [0.15, 0.2) is 0 Å². The number of carbonyl (C=O) groups is 1. The molecule has 1 aromatic carbocycles. The molecule has 21 heavy (non-hydrogen) atoms. The molecule has 0 unspecified atom stereocenters. The lowest BCUT2D eigenvalue weighted by Gasteiger charge is -2.01. The average Bonchev–Trinajstić information content (AvgIpc) is 2.43. The van der Waals surface area contributed by atoms with Gasteiger partial charge in [0.25, 0.3) is 5.91 Å². The fraction of sp³-hybridized carbons (Fsp3) is 0.294. The fourth-order valence-electron chi connectivity index (χ4n) is 1.66. The Kier molecular flexibility index (Phi) is 6.95.